The van der Waals surface area contributed by atoms with E-state index in [2.05, 4.69) is 0 Å². The number of likely N-dealkylation sites (tertiary alicyclic amines) is 1. The molecule has 44 heavy (non-hydrogen) atoms. The number of hydrogen-bond donors (Lipinski definition) is 6. The molecule has 0 bridgehead atoms. The third-order valence-corrected chi connectivity index (χ3v) is 5.35. The lowest BCUT2D eigenvalue weighted by atomic mass is 10.1. The molecule has 1 atom stereocenters. The molecule has 0 unspecified atom stereocenters. The number of phenols is 1. The molecule has 0 amide bonds. The maximum atomic E-state index is 12.4. The number of carbonyl (C=O) groups excluding carboxylic acids is 1. The van der Waals surface area contributed by atoms with Crippen LogP contribution in [0.15, 0.2) is 42.5 Å². The average Bonchev–Trinajstić information content (AvgIpc) is 3.47. The first-order valence-corrected chi connectivity index (χ1v) is 12.3. The van der Waals surface area contributed by atoms with Crippen LogP contribution in [0, 0.1) is 10.8 Å². The number of rotatable bonds is 7. The van der Waals surface area contributed by atoms with Crippen molar-refractivity contribution >= 4 is 29.6 Å². The van der Waals surface area contributed by atoms with Crippen molar-refractivity contribution in [3.8, 4) is 11.5 Å². The van der Waals surface area contributed by atoms with Gasteiger partial charge in [0.25, 0.3) is 0 Å². The summed E-state index contributed by atoms with van der Waals surface area (Å²) >= 11 is 0. The number of ether oxygens (including phenoxy) is 2. The number of nitrogens with zero attached hydrogens (tertiary/aromatic N) is 1. The molecule has 12 nitrogen and oxygen atoms in total. The Balaban J connectivity index is 0.000000574. The topological polar surface area (TPSA) is 207 Å². The van der Waals surface area contributed by atoms with Gasteiger partial charge in [0.05, 0.1) is 5.56 Å². The van der Waals surface area contributed by atoms with Crippen LogP contribution >= 0.6 is 0 Å². The molecule has 1 aliphatic heterocycles. The minimum atomic E-state index is -5.08. The van der Waals surface area contributed by atoms with E-state index in [0.717, 1.165) is 31.5 Å². The van der Waals surface area contributed by atoms with Crippen molar-refractivity contribution in [1.82, 2.24) is 4.90 Å². The summed E-state index contributed by atoms with van der Waals surface area (Å²) in [4.78, 5) is 32.2. The van der Waals surface area contributed by atoms with E-state index in [9.17, 15) is 36.2 Å². The lowest BCUT2D eigenvalue weighted by molar-refractivity contribution is -0.193. The van der Waals surface area contributed by atoms with Gasteiger partial charge < -0.3 is 35.4 Å². The van der Waals surface area contributed by atoms with Crippen LogP contribution < -0.4 is 10.5 Å². The van der Waals surface area contributed by atoms with Gasteiger partial charge in [0.2, 0.25) is 0 Å². The van der Waals surface area contributed by atoms with E-state index >= 15 is 0 Å². The highest BCUT2D eigenvalue weighted by Crippen LogP contribution is 2.27. The molecular formula is C26H28F6N4O8. The van der Waals surface area contributed by atoms with Gasteiger partial charge in [0.15, 0.2) is 11.5 Å². The Morgan fingerprint density at radius 1 is 0.886 bits per heavy atom. The van der Waals surface area contributed by atoms with E-state index in [1.165, 1.54) is 18.2 Å². The number of hydrogen-bond acceptors (Lipinski definition) is 8. The van der Waals surface area contributed by atoms with Crippen molar-refractivity contribution in [3.05, 3.63) is 59.2 Å². The summed E-state index contributed by atoms with van der Waals surface area (Å²) < 4.78 is 74.4. The van der Waals surface area contributed by atoms with Crippen LogP contribution in [0.1, 0.15) is 41.3 Å². The summed E-state index contributed by atoms with van der Waals surface area (Å²) in [6.07, 6.45) is -8.53. The second-order valence-corrected chi connectivity index (χ2v) is 8.85. The Morgan fingerprint density at radius 2 is 1.32 bits per heavy atom. The first kappa shape index (κ1) is 37.0. The molecule has 0 radical (unpaired) electrons. The highest BCUT2D eigenvalue weighted by molar-refractivity contribution is 5.98. The van der Waals surface area contributed by atoms with Gasteiger partial charge in [0.1, 0.15) is 24.4 Å². The summed E-state index contributed by atoms with van der Waals surface area (Å²) in [7, 11) is 0. The zero-order valence-corrected chi connectivity index (χ0v) is 22.8. The van der Waals surface area contributed by atoms with Crippen molar-refractivity contribution in [2.24, 2.45) is 5.73 Å². The Kier molecular flexibility index (Phi) is 13.4. The zero-order chi connectivity index (χ0) is 33.8. The van der Waals surface area contributed by atoms with Gasteiger partial charge in [-0.2, -0.15) is 26.3 Å². The van der Waals surface area contributed by atoms with E-state index in [0.29, 0.717) is 17.0 Å². The average molecular weight is 639 g/mol. The second-order valence-electron chi connectivity index (χ2n) is 8.85. The Labute approximate surface area is 245 Å². The van der Waals surface area contributed by atoms with Crippen molar-refractivity contribution in [3.63, 3.8) is 0 Å². The summed E-state index contributed by atoms with van der Waals surface area (Å²) in [6, 6.07) is 11.2. The third kappa shape index (κ3) is 12.5. The number of nitrogens with one attached hydrogen (secondary N) is 2. The van der Waals surface area contributed by atoms with Gasteiger partial charge in [-0.25, -0.2) is 14.4 Å². The summed E-state index contributed by atoms with van der Waals surface area (Å²) in [6.45, 7) is 3.50. The number of alkyl halides is 6. The normalized spacial score (nSPS) is 13.3. The number of nitrogen functional groups attached to an aromatic ring is 1. The molecule has 1 heterocycles. The molecule has 1 saturated heterocycles. The zero-order valence-electron chi connectivity index (χ0n) is 22.8. The second kappa shape index (κ2) is 16.0. The number of aliphatic carboxylic acids is 2. The third-order valence-electron chi connectivity index (χ3n) is 5.35. The van der Waals surface area contributed by atoms with E-state index < -0.39 is 36.4 Å². The SMILES string of the molecule is C[C@H](COc1cc(C(=N)N)ccc1O)OC(=O)c1ccc(C(=N)N2CCCC2)cc1.O=C(O)C(F)(F)F.O=C(O)C(F)(F)F. The van der Waals surface area contributed by atoms with Gasteiger partial charge in [-0.05, 0) is 50.1 Å². The molecule has 242 valence electrons. The molecule has 3 rings (SSSR count). The van der Waals surface area contributed by atoms with E-state index in [4.69, 9.17) is 45.8 Å². The van der Waals surface area contributed by atoms with Crippen LogP contribution in [0.2, 0.25) is 0 Å². The monoisotopic (exact) mass is 638 g/mol. The minimum Gasteiger partial charge on any atom is -0.504 e. The quantitative estimate of drug-likeness (QED) is 0.111. The molecule has 0 aliphatic carbocycles. The largest absolute Gasteiger partial charge is 0.504 e. The summed E-state index contributed by atoms with van der Waals surface area (Å²) in [5, 5.41) is 39.8. The number of carboxylic acids is 2. The van der Waals surface area contributed by atoms with Crippen LogP contribution in [0.5, 0.6) is 11.5 Å². The first-order chi connectivity index (χ1) is 20.2. The van der Waals surface area contributed by atoms with Gasteiger partial charge in [-0.1, -0.05) is 12.1 Å². The smallest absolute Gasteiger partial charge is 0.490 e. The maximum Gasteiger partial charge on any atom is 0.490 e. The fraction of sp³-hybridized carbons (Fsp3) is 0.346. The van der Waals surface area contributed by atoms with E-state index in [1.54, 1.807) is 31.2 Å². The number of nitrogens with two attached hydrogens (primary N) is 1. The van der Waals surface area contributed by atoms with Crippen molar-refractivity contribution in [2.75, 3.05) is 19.7 Å². The van der Waals surface area contributed by atoms with Crippen molar-refractivity contribution in [2.45, 2.75) is 38.2 Å². The molecule has 2 aromatic carbocycles. The number of halogens is 6. The van der Waals surface area contributed by atoms with Crippen molar-refractivity contribution < 1.29 is 65.5 Å². The molecule has 0 spiro atoms. The number of carboxylic acid groups (broad SMARTS) is 2. The predicted molar refractivity (Wildman–Crippen MR) is 141 cm³/mol. The molecule has 18 heteroatoms. The lowest BCUT2D eigenvalue weighted by Gasteiger charge is -2.18. The Hall–Kier alpha value is -5.03. The maximum absolute atomic E-state index is 12.4. The molecular weight excluding hydrogens is 610 g/mol. The van der Waals surface area contributed by atoms with Gasteiger partial charge in [-0.15, -0.1) is 0 Å². The minimum absolute atomic E-state index is 0.0261. The van der Waals surface area contributed by atoms with Crippen LogP contribution in [-0.2, 0) is 14.3 Å². The molecule has 7 N–H and O–H groups in total. The molecule has 2 aromatic rings. The number of amidine groups is 2. The van der Waals surface area contributed by atoms with Crippen molar-refractivity contribution in [1.29, 1.82) is 10.8 Å². The molecule has 0 aromatic heterocycles. The molecule has 1 fully saturated rings. The van der Waals surface area contributed by atoms with Gasteiger partial charge >= 0.3 is 30.3 Å². The predicted octanol–water partition coefficient (Wildman–Crippen LogP) is 3.99. The molecule has 1 aliphatic rings. The van der Waals surface area contributed by atoms with Crippen LogP contribution in [0.4, 0.5) is 26.3 Å². The van der Waals surface area contributed by atoms with Crippen LogP contribution in [0.25, 0.3) is 0 Å². The summed E-state index contributed by atoms with van der Waals surface area (Å²) in [5.41, 5.74) is 7.03. The number of carbonyl (C=O) groups is 3. The number of phenolic OH excluding ortho intramolecular Hbond substituents is 1. The van der Waals surface area contributed by atoms with Crippen LogP contribution in [-0.4, -0.2) is 88.0 Å². The molecule has 0 saturated carbocycles. The van der Waals surface area contributed by atoms with Gasteiger partial charge in [0, 0.05) is 24.2 Å². The fourth-order valence-corrected chi connectivity index (χ4v) is 3.18. The number of aromatic hydroxyl groups is 1. The van der Waals surface area contributed by atoms with Gasteiger partial charge in [-0.3, -0.25) is 10.8 Å². The Morgan fingerprint density at radius 3 is 1.75 bits per heavy atom. The highest BCUT2D eigenvalue weighted by Gasteiger charge is 2.38. The number of benzene rings is 2. The standard InChI is InChI=1S/C22H26N4O4.2C2HF3O2/c1-14(13-29-19-12-17(20(23)24)8-9-18(19)27)30-22(28)16-6-4-15(5-7-16)21(25)26-10-2-3-11-26;2*3-2(4,5)1(6)7/h4-9,12,14,25,27H,2-3,10-11,13H2,1H3,(H3,23,24);2*(H,6,7)/t14-;;/m1../s1. The summed E-state index contributed by atoms with van der Waals surface area (Å²) in [5.74, 6) is -5.60. The number of esters is 1. The van der Waals surface area contributed by atoms with E-state index in [-0.39, 0.29) is 23.9 Å². The lowest BCUT2D eigenvalue weighted by Crippen LogP contribution is -2.27. The van der Waals surface area contributed by atoms with E-state index in [1.807, 2.05) is 4.90 Å². The fourth-order valence-electron chi connectivity index (χ4n) is 3.18. The highest BCUT2D eigenvalue weighted by atomic mass is 19.4. The van der Waals surface area contributed by atoms with Crippen LogP contribution in [0.3, 0.4) is 0 Å². The first-order valence-electron chi connectivity index (χ1n) is 12.3. The Bertz CT molecular complexity index is 1300.